The maximum Gasteiger partial charge on any atom is 0.321 e. The van der Waals surface area contributed by atoms with Gasteiger partial charge in [0.2, 0.25) is 0 Å². The van der Waals surface area contributed by atoms with Gasteiger partial charge in [-0.3, -0.25) is 13.9 Å². The van der Waals surface area contributed by atoms with Crippen LogP contribution >= 0.6 is 23.1 Å². The molecule has 7 heteroatoms. The molecule has 5 nitrogen and oxygen atoms in total. The van der Waals surface area contributed by atoms with Crippen LogP contribution in [0, 0.1) is 4.51 Å². The van der Waals surface area contributed by atoms with Gasteiger partial charge in [-0.25, -0.2) is 0 Å². The Labute approximate surface area is 167 Å². The highest BCUT2D eigenvalue weighted by Crippen LogP contribution is 2.38. The highest BCUT2D eigenvalue weighted by molar-refractivity contribution is 8.08. The van der Waals surface area contributed by atoms with Gasteiger partial charge in [-0.15, -0.1) is 12.4 Å². The van der Waals surface area contributed by atoms with E-state index in [0.717, 1.165) is 33.2 Å². The zero-order chi connectivity index (χ0) is 18.7. The lowest BCUT2D eigenvalue weighted by atomic mass is 10.1. The highest BCUT2D eigenvalue weighted by atomic mass is 35.5. The van der Waals surface area contributed by atoms with Crippen molar-refractivity contribution in [1.29, 1.82) is 0 Å². The van der Waals surface area contributed by atoms with Gasteiger partial charge in [0.1, 0.15) is 0 Å². The van der Waals surface area contributed by atoms with E-state index in [4.69, 9.17) is 5.73 Å². The summed E-state index contributed by atoms with van der Waals surface area (Å²) in [6.07, 6.45) is 2.89. The molecule has 0 spiro atoms. The van der Waals surface area contributed by atoms with Crippen LogP contribution in [0.5, 0.6) is 0 Å². The summed E-state index contributed by atoms with van der Waals surface area (Å²) < 4.78 is 2.70. The average Bonchev–Trinajstić information content (AvgIpc) is 2.63. The third-order valence-corrected chi connectivity index (χ3v) is 6.56. The zero-order valence-corrected chi connectivity index (χ0v) is 17.1. The lowest BCUT2D eigenvalue weighted by Gasteiger charge is -2.29. The number of nitrogens with two attached hydrogens (primary N) is 1. The Bertz CT molecular complexity index is 975. The van der Waals surface area contributed by atoms with Gasteiger partial charge in [-0.2, -0.15) is 0 Å². The number of rotatable bonds is 5. The SMILES string of the molecule is CN(C)CCCN(C(=O)C(N)=O)S1=c2ccccc2=Cc2ccccc21.Cl. The molecule has 2 N–H and O–H groups in total. The third-order valence-electron chi connectivity index (χ3n) is 4.19. The quantitative estimate of drug-likeness (QED) is 0.611. The number of nitrogens with zero attached hydrogens (tertiary/aromatic N) is 2. The van der Waals surface area contributed by atoms with E-state index in [1.54, 1.807) is 4.31 Å². The smallest absolute Gasteiger partial charge is 0.321 e. The third kappa shape index (κ3) is 4.58. The molecule has 0 fully saturated rings. The fraction of sp³-hybridized carbons (Fsp3) is 0.250. The fourth-order valence-corrected chi connectivity index (χ4v) is 5.40. The predicted molar refractivity (Wildman–Crippen MR) is 112 cm³/mol. The number of benzene rings is 2. The molecule has 1 unspecified atom stereocenters. The van der Waals surface area contributed by atoms with Crippen molar-refractivity contribution in [3.05, 3.63) is 63.8 Å². The average molecular weight is 406 g/mol. The number of fused-ring (bicyclic) bond motifs is 2. The zero-order valence-electron chi connectivity index (χ0n) is 15.4. The molecule has 0 bridgehead atoms. The topological polar surface area (TPSA) is 66.6 Å². The second kappa shape index (κ2) is 9.17. The molecular formula is C20H24ClN3O2S. The number of halogens is 1. The van der Waals surface area contributed by atoms with Gasteiger partial charge in [0.15, 0.2) is 0 Å². The lowest BCUT2D eigenvalue weighted by Crippen LogP contribution is -2.39. The Morgan fingerprint density at radius 2 is 1.67 bits per heavy atom. The Morgan fingerprint density at radius 3 is 2.37 bits per heavy atom. The molecular weight excluding hydrogens is 382 g/mol. The molecule has 0 radical (unpaired) electrons. The molecule has 0 saturated heterocycles. The largest absolute Gasteiger partial charge is 0.361 e. The van der Waals surface area contributed by atoms with E-state index >= 15 is 0 Å². The molecule has 27 heavy (non-hydrogen) atoms. The number of hydrogen-bond acceptors (Lipinski definition) is 3. The minimum Gasteiger partial charge on any atom is -0.361 e. The summed E-state index contributed by atoms with van der Waals surface area (Å²) in [6.45, 7) is 1.31. The van der Waals surface area contributed by atoms with E-state index < -0.39 is 22.5 Å². The molecule has 3 rings (SSSR count). The first-order valence-electron chi connectivity index (χ1n) is 8.52. The van der Waals surface area contributed by atoms with E-state index in [2.05, 4.69) is 11.0 Å². The number of carbonyl (C=O) groups is 2. The van der Waals surface area contributed by atoms with Crippen molar-refractivity contribution in [2.45, 2.75) is 11.3 Å². The normalized spacial score (nSPS) is 14.4. The van der Waals surface area contributed by atoms with Crippen LogP contribution in [0.2, 0.25) is 0 Å². The molecule has 0 aliphatic carbocycles. The van der Waals surface area contributed by atoms with E-state index in [9.17, 15) is 9.59 Å². The van der Waals surface area contributed by atoms with Crippen LogP contribution in [0.15, 0.2) is 53.4 Å². The summed E-state index contributed by atoms with van der Waals surface area (Å²) >= 11 is 0. The summed E-state index contributed by atoms with van der Waals surface area (Å²) in [5, 5.41) is 1.07. The van der Waals surface area contributed by atoms with E-state index in [0.29, 0.717) is 6.54 Å². The van der Waals surface area contributed by atoms with Crippen molar-refractivity contribution >= 4 is 41.0 Å². The Hall–Kier alpha value is -2.15. The van der Waals surface area contributed by atoms with Crippen LogP contribution in [-0.4, -0.2) is 48.2 Å². The summed E-state index contributed by atoms with van der Waals surface area (Å²) in [7, 11) is 3.31. The van der Waals surface area contributed by atoms with Crippen molar-refractivity contribution in [3.8, 4) is 0 Å². The predicted octanol–water partition coefficient (Wildman–Crippen LogP) is 2.01. The standard InChI is InChI=1S/C20H23N3O2S.ClH/c1-22(2)12-7-13-23(20(25)19(21)24)26-17-10-5-3-8-15(17)14-16-9-4-6-11-18(16)26;/h3-6,8-11,14H,7,12-13H2,1-2H3,(H2,21,24);1H. The summed E-state index contributed by atoms with van der Waals surface area (Å²) in [5.41, 5.74) is 6.44. The summed E-state index contributed by atoms with van der Waals surface area (Å²) in [6, 6.07) is 16.0. The van der Waals surface area contributed by atoms with Gasteiger partial charge in [-0.05, 0) is 56.1 Å². The minimum atomic E-state index is -0.910. The summed E-state index contributed by atoms with van der Waals surface area (Å²) in [4.78, 5) is 27.5. The van der Waals surface area contributed by atoms with Gasteiger partial charge in [0, 0.05) is 16.0 Å². The van der Waals surface area contributed by atoms with Gasteiger partial charge in [0.25, 0.3) is 0 Å². The molecule has 0 saturated carbocycles. The fourth-order valence-electron chi connectivity index (χ4n) is 3.00. The Balaban J connectivity index is 0.00000261. The second-order valence-electron chi connectivity index (χ2n) is 6.43. The number of amides is 2. The molecule has 0 aromatic heterocycles. The second-order valence-corrected chi connectivity index (χ2v) is 8.32. The van der Waals surface area contributed by atoms with Gasteiger partial charge in [0.05, 0.1) is 0 Å². The van der Waals surface area contributed by atoms with E-state index in [1.165, 1.54) is 0 Å². The van der Waals surface area contributed by atoms with Gasteiger partial charge < -0.3 is 10.6 Å². The van der Waals surface area contributed by atoms with Crippen LogP contribution in [0.3, 0.4) is 0 Å². The van der Waals surface area contributed by atoms with Crippen LogP contribution in [-0.2, 0) is 9.59 Å². The Morgan fingerprint density at radius 1 is 1.00 bits per heavy atom. The van der Waals surface area contributed by atoms with E-state index in [-0.39, 0.29) is 12.4 Å². The lowest BCUT2D eigenvalue weighted by molar-refractivity contribution is -0.140. The van der Waals surface area contributed by atoms with Crippen molar-refractivity contribution < 1.29 is 9.59 Å². The molecule has 144 valence electrons. The van der Waals surface area contributed by atoms with Crippen molar-refractivity contribution in [2.75, 3.05) is 27.2 Å². The van der Waals surface area contributed by atoms with E-state index in [1.807, 2.05) is 62.6 Å². The van der Waals surface area contributed by atoms with Crippen LogP contribution in [0.4, 0.5) is 0 Å². The van der Waals surface area contributed by atoms with Crippen molar-refractivity contribution in [3.63, 3.8) is 0 Å². The van der Waals surface area contributed by atoms with Crippen LogP contribution < -0.4 is 11.0 Å². The first-order valence-corrected chi connectivity index (χ1v) is 9.70. The molecule has 1 aliphatic heterocycles. The van der Waals surface area contributed by atoms with Crippen LogP contribution in [0.25, 0.3) is 6.08 Å². The molecule has 2 aromatic rings. The van der Waals surface area contributed by atoms with Crippen molar-refractivity contribution in [1.82, 2.24) is 9.21 Å². The highest BCUT2D eigenvalue weighted by Gasteiger charge is 2.25. The maximum atomic E-state index is 12.7. The maximum absolute atomic E-state index is 12.7. The van der Waals surface area contributed by atoms with Gasteiger partial charge in [-0.1, -0.05) is 47.1 Å². The molecule has 2 amide bonds. The number of carbonyl (C=O) groups excluding carboxylic acids is 2. The molecule has 1 atom stereocenters. The van der Waals surface area contributed by atoms with Gasteiger partial charge >= 0.3 is 11.8 Å². The molecule has 1 heterocycles. The summed E-state index contributed by atoms with van der Waals surface area (Å²) in [5.74, 6) is -1.54. The first-order chi connectivity index (χ1) is 12.5. The van der Waals surface area contributed by atoms with Crippen LogP contribution in [0.1, 0.15) is 12.0 Å². The molecule has 1 aliphatic rings. The number of hydrogen-bond donors (Lipinski definition) is 1. The van der Waals surface area contributed by atoms with Crippen molar-refractivity contribution in [2.24, 2.45) is 5.73 Å². The number of primary amides is 1. The molecule has 2 aromatic carbocycles. The minimum absolute atomic E-state index is 0. The first kappa shape index (κ1) is 21.2. The Kier molecular flexibility index (Phi) is 7.18. The monoisotopic (exact) mass is 405 g/mol.